The molecule has 2 N–H and O–H groups in total. The highest BCUT2D eigenvalue weighted by Crippen LogP contribution is 2.05. The van der Waals surface area contributed by atoms with Crippen molar-refractivity contribution in [2.45, 2.75) is 13.8 Å². The lowest BCUT2D eigenvalue weighted by Crippen LogP contribution is -2.37. The number of aromatic nitrogens is 1. The number of carbonyl (C=O) groups excluding carboxylic acids is 1. The van der Waals surface area contributed by atoms with Crippen molar-refractivity contribution in [1.82, 2.24) is 9.47 Å². The minimum Gasteiger partial charge on any atom is -0.339 e. The number of pyridine rings is 1. The molecule has 100 valence electrons. The van der Waals surface area contributed by atoms with Crippen LogP contribution in [0.5, 0.6) is 0 Å². The molecule has 1 heterocycles. The lowest BCUT2D eigenvalue weighted by molar-refractivity contribution is 0.0743. The minimum absolute atomic E-state index is 0.115. The van der Waals surface area contributed by atoms with E-state index in [0.29, 0.717) is 25.2 Å². The summed E-state index contributed by atoms with van der Waals surface area (Å²) in [6.45, 7) is 5.68. The van der Waals surface area contributed by atoms with Gasteiger partial charge in [0.25, 0.3) is 11.5 Å². The Hall–Kier alpha value is -1.62. The molecule has 0 bridgehead atoms. The third kappa shape index (κ3) is 3.43. The van der Waals surface area contributed by atoms with Crippen LogP contribution < -0.4 is 11.3 Å². The zero-order chi connectivity index (χ0) is 13.7. The molecule has 1 atom stereocenters. The summed E-state index contributed by atoms with van der Waals surface area (Å²) in [6, 6.07) is 3.04. The summed E-state index contributed by atoms with van der Waals surface area (Å²) in [5, 5.41) is 0. The van der Waals surface area contributed by atoms with Crippen LogP contribution in [0.25, 0.3) is 0 Å². The lowest BCUT2D eigenvalue weighted by Gasteiger charge is -2.24. The molecular formula is C13H21N3O2. The molecule has 0 saturated heterocycles. The number of nitrogens with zero attached hydrogens (tertiary/aromatic N) is 2. The summed E-state index contributed by atoms with van der Waals surface area (Å²) >= 11 is 0. The average molecular weight is 251 g/mol. The maximum Gasteiger partial charge on any atom is 0.254 e. The standard InChI is InChI=1S/C13H21N3O2/c1-4-16(9-10(2)8-14)13(18)11-5-6-15(3)12(17)7-11/h5-7,10H,4,8-9,14H2,1-3H3. The smallest absolute Gasteiger partial charge is 0.254 e. The molecule has 0 aliphatic carbocycles. The maximum atomic E-state index is 12.2. The van der Waals surface area contributed by atoms with Gasteiger partial charge in [-0.1, -0.05) is 6.92 Å². The molecule has 5 nitrogen and oxygen atoms in total. The summed E-state index contributed by atoms with van der Waals surface area (Å²) in [5.74, 6) is 0.135. The fraction of sp³-hybridized carbons (Fsp3) is 0.538. The second-order valence-electron chi connectivity index (χ2n) is 4.55. The van der Waals surface area contributed by atoms with E-state index in [9.17, 15) is 9.59 Å². The van der Waals surface area contributed by atoms with Crippen LogP contribution in [-0.2, 0) is 7.05 Å². The third-order valence-electron chi connectivity index (χ3n) is 2.95. The number of rotatable bonds is 5. The van der Waals surface area contributed by atoms with E-state index in [2.05, 4.69) is 0 Å². The molecule has 0 saturated carbocycles. The van der Waals surface area contributed by atoms with Gasteiger partial charge in [-0.2, -0.15) is 0 Å². The fourth-order valence-corrected chi connectivity index (χ4v) is 1.67. The Balaban J connectivity index is 2.89. The van der Waals surface area contributed by atoms with Crippen molar-refractivity contribution in [1.29, 1.82) is 0 Å². The molecule has 18 heavy (non-hydrogen) atoms. The van der Waals surface area contributed by atoms with Crippen LogP contribution >= 0.6 is 0 Å². The van der Waals surface area contributed by atoms with Crippen LogP contribution in [0.3, 0.4) is 0 Å². The molecule has 1 aromatic heterocycles. The lowest BCUT2D eigenvalue weighted by atomic mass is 10.1. The molecule has 1 unspecified atom stereocenters. The van der Waals surface area contributed by atoms with Gasteiger partial charge in [0.15, 0.2) is 0 Å². The van der Waals surface area contributed by atoms with Gasteiger partial charge < -0.3 is 15.2 Å². The molecule has 1 amide bonds. The number of amides is 1. The van der Waals surface area contributed by atoms with Crippen molar-refractivity contribution in [2.75, 3.05) is 19.6 Å². The van der Waals surface area contributed by atoms with Crippen LogP contribution in [0.1, 0.15) is 24.2 Å². The summed E-state index contributed by atoms with van der Waals surface area (Å²) < 4.78 is 1.44. The number of carbonyl (C=O) groups is 1. The quantitative estimate of drug-likeness (QED) is 0.825. The van der Waals surface area contributed by atoms with Crippen molar-refractivity contribution >= 4 is 5.91 Å². The molecule has 0 radical (unpaired) electrons. The van der Waals surface area contributed by atoms with Crippen molar-refractivity contribution in [3.05, 3.63) is 34.2 Å². The highest BCUT2D eigenvalue weighted by molar-refractivity contribution is 5.94. The van der Waals surface area contributed by atoms with E-state index < -0.39 is 0 Å². The number of aryl methyl sites for hydroxylation is 1. The molecule has 0 aromatic carbocycles. The number of nitrogens with two attached hydrogens (primary N) is 1. The van der Waals surface area contributed by atoms with Gasteiger partial charge in [-0.3, -0.25) is 9.59 Å². The SMILES string of the molecule is CCN(CC(C)CN)C(=O)c1ccn(C)c(=O)c1. The van der Waals surface area contributed by atoms with Crippen molar-refractivity contribution in [3.63, 3.8) is 0 Å². The van der Waals surface area contributed by atoms with Gasteiger partial charge in [0.05, 0.1) is 0 Å². The van der Waals surface area contributed by atoms with E-state index in [1.54, 1.807) is 24.2 Å². The first-order chi connectivity index (χ1) is 8.49. The Morgan fingerprint density at radius 2 is 2.22 bits per heavy atom. The topological polar surface area (TPSA) is 68.3 Å². The van der Waals surface area contributed by atoms with Crippen LogP contribution in [0.2, 0.25) is 0 Å². The summed E-state index contributed by atoms with van der Waals surface area (Å²) in [7, 11) is 1.66. The first-order valence-corrected chi connectivity index (χ1v) is 6.15. The largest absolute Gasteiger partial charge is 0.339 e. The molecule has 0 aliphatic heterocycles. The number of hydrogen-bond donors (Lipinski definition) is 1. The summed E-state index contributed by atoms with van der Waals surface area (Å²) in [6.07, 6.45) is 1.61. The average Bonchev–Trinajstić information content (AvgIpc) is 2.38. The second-order valence-corrected chi connectivity index (χ2v) is 4.55. The van der Waals surface area contributed by atoms with Gasteiger partial charge in [0, 0.05) is 38.0 Å². The van der Waals surface area contributed by atoms with E-state index in [-0.39, 0.29) is 17.4 Å². The first-order valence-electron chi connectivity index (χ1n) is 6.15. The van der Waals surface area contributed by atoms with Gasteiger partial charge >= 0.3 is 0 Å². The fourth-order valence-electron chi connectivity index (χ4n) is 1.67. The van der Waals surface area contributed by atoms with Gasteiger partial charge in [0.2, 0.25) is 0 Å². The molecule has 0 fully saturated rings. The Kier molecular flexibility index (Phi) is 5.09. The Labute approximate surface area is 107 Å². The van der Waals surface area contributed by atoms with E-state index in [4.69, 9.17) is 5.73 Å². The Bertz CT molecular complexity index is 468. The van der Waals surface area contributed by atoms with Gasteiger partial charge in [-0.05, 0) is 25.5 Å². The highest BCUT2D eigenvalue weighted by atomic mass is 16.2. The summed E-state index contributed by atoms with van der Waals surface area (Å²) in [4.78, 5) is 25.4. The van der Waals surface area contributed by atoms with Crippen LogP contribution in [0.15, 0.2) is 23.1 Å². The molecule has 0 spiro atoms. The highest BCUT2D eigenvalue weighted by Gasteiger charge is 2.16. The van der Waals surface area contributed by atoms with Crippen LogP contribution in [0.4, 0.5) is 0 Å². The second kappa shape index (κ2) is 6.35. The monoisotopic (exact) mass is 251 g/mol. The zero-order valence-electron chi connectivity index (χ0n) is 11.2. The van der Waals surface area contributed by atoms with Gasteiger partial charge in [-0.15, -0.1) is 0 Å². The zero-order valence-corrected chi connectivity index (χ0v) is 11.2. The summed E-state index contributed by atoms with van der Waals surface area (Å²) in [5.41, 5.74) is 5.82. The van der Waals surface area contributed by atoms with Gasteiger partial charge in [-0.25, -0.2) is 0 Å². The Morgan fingerprint density at radius 1 is 1.56 bits per heavy atom. The van der Waals surface area contributed by atoms with E-state index in [1.165, 1.54) is 10.6 Å². The van der Waals surface area contributed by atoms with Crippen molar-refractivity contribution < 1.29 is 4.79 Å². The van der Waals surface area contributed by atoms with Crippen LogP contribution in [-0.4, -0.2) is 35.0 Å². The van der Waals surface area contributed by atoms with E-state index >= 15 is 0 Å². The molecule has 5 heteroatoms. The molecule has 0 aliphatic rings. The molecule has 1 rings (SSSR count). The predicted octanol–water partition coefficient (Wildman–Crippen LogP) is 0.442. The normalized spacial score (nSPS) is 12.2. The van der Waals surface area contributed by atoms with Crippen LogP contribution in [0, 0.1) is 5.92 Å². The van der Waals surface area contributed by atoms with Gasteiger partial charge in [0.1, 0.15) is 0 Å². The minimum atomic E-state index is -0.177. The third-order valence-corrected chi connectivity index (χ3v) is 2.95. The molecular weight excluding hydrogens is 230 g/mol. The van der Waals surface area contributed by atoms with Crippen molar-refractivity contribution in [2.24, 2.45) is 18.7 Å². The van der Waals surface area contributed by atoms with E-state index in [0.717, 1.165) is 0 Å². The molecule has 1 aromatic rings. The maximum absolute atomic E-state index is 12.2. The number of hydrogen-bond acceptors (Lipinski definition) is 3. The van der Waals surface area contributed by atoms with E-state index in [1.807, 2.05) is 13.8 Å². The van der Waals surface area contributed by atoms with Crippen molar-refractivity contribution in [3.8, 4) is 0 Å². The Morgan fingerprint density at radius 3 is 2.72 bits per heavy atom. The first kappa shape index (κ1) is 14.4. The predicted molar refractivity (Wildman–Crippen MR) is 71.5 cm³/mol.